The first-order chi connectivity index (χ1) is 6.78. The number of ether oxygens (including phenoxy) is 1. The van der Waals surface area contributed by atoms with Gasteiger partial charge in [-0.2, -0.15) is 0 Å². The van der Waals surface area contributed by atoms with E-state index < -0.39 is 0 Å². The molecule has 0 radical (unpaired) electrons. The van der Waals surface area contributed by atoms with E-state index in [0.29, 0.717) is 6.10 Å². The van der Waals surface area contributed by atoms with E-state index >= 15 is 0 Å². The highest BCUT2D eigenvalue weighted by Crippen LogP contribution is 2.50. The summed E-state index contributed by atoms with van der Waals surface area (Å²) in [7, 11) is 0. The van der Waals surface area contributed by atoms with E-state index in [0.717, 1.165) is 5.69 Å². The van der Waals surface area contributed by atoms with E-state index in [4.69, 9.17) is 4.74 Å². The zero-order valence-corrected chi connectivity index (χ0v) is 8.49. The van der Waals surface area contributed by atoms with Crippen LogP contribution in [0.1, 0.15) is 36.9 Å². The monoisotopic (exact) mass is 189 g/mol. The Hall–Kier alpha value is -0.890. The van der Waals surface area contributed by atoms with Gasteiger partial charge in [0.25, 0.3) is 0 Å². The average Bonchev–Trinajstić information content (AvgIpc) is 2.78. The first-order valence-electron chi connectivity index (χ1n) is 5.39. The van der Waals surface area contributed by atoms with E-state index in [9.17, 15) is 0 Å². The minimum Gasteiger partial charge on any atom is -0.367 e. The Morgan fingerprint density at radius 3 is 2.79 bits per heavy atom. The van der Waals surface area contributed by atoms with Crippen molar-refractivity contribution in [1.29, 1.82) is 0 Å². The van der Waals surface area contributed by atoms with Crippen LogP contribution in [0.25, 0.3) is 0 Å². The first-order valence-corrected chi connectivity index (χ1v) is 5.39. The summed E-state index contributed by atoms with van der Waals surface area (Å²) in [4.78, 5) is 4.23. The molecule has 2 fully saturated rings. The second kappa shape index (κ2) is 2.80. The van der Waals surface area contributed by atoms with Gasteiger partial charge in [0, 0.05) is 11.9 Å². The smallest absolute Gasteiger partial charge is 0.0938 e. The molecule has 3 heterocycles. The second-order valence-corrected chi connectivity index (χ2v) is 4.50. The number of pyridine rings is 1. The molecule has 0 atom stereocenters. The molecule has 2 heteroatoms. The molecule has 0 saturated carbocycles. The lowest BCUT2D eigenvalue weighted by Crippen LogP contribution is -2.21. The molecule has 2 saturated heterocycles. The fourth-order valence-electron chi connectivity index (χ4n) is 2.80. The van der Waals surface area contributed by atoms with E-state index in [1.165, 1.54) is 31.2 Å². The SMILES string of the molecule is Cc1cc(C23CCC(CC2)O3)ccn1. The zero-order chi connectivity index (χ0) is 9.60. The topological polar surface area (TPSA) is 22.1 Å². The van der Waals surface area contributed by atoms with Crippen molar-refractivity contribution < 1.29 is 4.74 Å². The molecule has 2 aliphatic rings. The van der Waals surface area contributed by atoms with Crippen LogP contribution in [0.4, 0.5) is 0 Å². The van der Waals surface area contributed by atoms with Crippen molar-refractivity contribution in [1.82, 2.24) is 4.98 Å². The Morgan fingerprint density at radius 1 is 1.43 bits per heavy atom. The molecule has 14 heavy (non-hydrogen) atoms. The summed E-state index contributed by atoms with van der Waals surface area (Å²) in [5.74, 6) is 0. The molecule has 2 aliphatic heterocycles. The highest BCUT2D eigenvalue weighted by atomic mass is 16.5. The van der Waals surface area contributed by atoms with E-state index in [1.54, 1.807) is 0 Å². The average molecular weight is 189 g/mol. The molecule has 0 aliphatic carbocycles. The minimum atomic E-state index is 0.0539. The van der Waals surface area contributed by atoms with Gasteiger partial charge in [-0.25, -0.2) is 0 Å². The molecule has 0 spiro atoms. The predicted molar refractivity (Wildman–Crippen MR) is 54.0 cm³/mol. The number of aromatic nitrogens is 1. The van der Waals surface area contributed by atoms with Crippen molar-refractivity contribution in [3.05, 3.63) is 29.6 Å². The quantitative estimate of drug-likeness (QED) is 0.677. The third-order valence-corrected chi connectivity index (χ3v) is 3.56. The number of hydrogen-bond acceptors (Lipinski definition) is 2. The van der Waals surface area contributed by atoms with Crippen LogP contribution in [0.5, 0.6) is 0 Å². The molecular formula is C12H15NO. The Balaban J connectivity index is 2.02. The molecule has 2 bridgehead atoms. The van der Waals surface area contributed by atoms with Gasteiger partial charge in [-0.15, -0.1) is 0 Å². The maximum atomic E-state index is 6.07. The molecule has 1 aromatic rings. The van der Waals surface area contributed by atoms with Crippen LogP contribution < -0.4 is 0 Å². The van der Waals surface area contributed by atoms with Crippen molar-refractivity contribution in [2.45, 2.75) is 44.3 Å². The van der Waals surface area contributed by atoms with Crippen LogP contribution in [-0.4, -0.2) is 11.1 Å². The summed E-state index contributed by atoms with van der Waals surface area (Å²) < 4.78 is 6.07. The Bertz CT molecular complexity index is 353. The largest absolute Gasteiger partial charge is 0.367 e. The van der Waals surface area contributed by atoms with Gasteiger partial charge >= 0.3 is 0 Å². The van der Waals surface area contributed by atoms with Gasteiger partial charge in [-0.3, -0.25) is 4.98 Å². The number of rotatable bonds is 1. The van der Waals surface area contributed by atoms with Crippen LogP contribution >= 0.6 is 0 Å². The van der Waals surface area contributed by atoms with E-state index in [2.05, 4.69) is 17.1 Å². The van der Waals surface area contributed by atoms with Crippen LogP contribution in [0, 0.1) is 6.92 Å². The second-order valence-electron chi connectivity index (χ2n) is 4.50. The van der Waals surface area contributed by atoms with Crippen LogP contribution in [0.15, 0.2) is 18.3 Å². The third kappa shape index (κ3) is 1.10. The number of aryl methyl sites for hydroxylation is 1. The molecule has 1 aromatic heterocycles. The normalized spacial score (nSPS) is 35.1. The maximum absolute atomic E-state index is 6.07. The van der Waals surface area contributed by atoms with Crippen LogP contribution in [-0.2, 0) is 10.3 Å². The fraction of sp³-hybridized carbons (Fsp3) is 0.583. The van der Waals surface area contributed by atoms with Crippen LogP contribution in [0.2, 0.25) is 0 Å². The van der Waals surface area contributed by atoms with Crippen molar-refractivity contribution in [2.24, 2.45) is 0 Å². The summed E-state index contributed by atoms with van der Waals surface area (Å²) in [6.07, 6.45) is 7.29. The minimum absolute atomic E-state index is 0.0539. The van der Waals surface area contributed by atoms with Gasteiger partial charge in [0.05, 0.1) is 11.7 Å². The number of hydrogen-bond donors (Lipinski definition) is 0. The van der Waals surface area contributed by atoms with Gasteiger partial charge in [0.15, 0.2) is 0 Å². The predicted octanol–water partition coefficient (Wildman–Crippen LogP) is 2.56. The summed E-state index contributed by atoms with van der Waals surface area (Å²) in [5, 5.41) is 0. The Labute approximate surface area is 84.3 Å². The molecule has 0 unspecified atom stereocenters. The van der Waals surface area contributed by atoms with Crippen molar-refractivity contribution >= 4 is 0 Å². The number of fused-ring (bicyclic) bond motifs is 2. The van der Waals surface area contributed by atoms with Gasteiger partial charge in [0.1, 0.15) is 0 Å². The molecule has 0 aromatic carbocycles. The molecule has 0 N–H and O–H groups in total. The van der Waals surface area contributed by atoms with Gasteiger partial charge in [-0.05, 0) is 50.3 Å². The van der Waals surface area contributed by atoms with Gasteiger partial charge in [-0.1, -0.05) is 0 Å². The highest BCUT2D eigenvalue weighted by molar-refractivity contribution is 5.25. The Morgan fingerprint density at radius 2 is 2.21 bits per heavy atom. The molecule has 0 amide bonds. The van der Waals surface area contributed by atoms with Crippen molar-refractivity contribution in [2.75, 3.05) is 0 Å². The molecular weight excluding hydrogens is 174 g/mol. The van der Waals surface area contributed by atoms with Crippen LogP contribution in [0.3, 0.4) is 0 Å². The molecule has 2 nitrogen and oxygen atoms in total. The lowest BCUT2D eigenvalue weighted by molar-refractivity contribution is 0.00993. The maximum Gasteiger partial charge on any atom is 0.0938 e. The summed E-state index contributed by atoms with van der Waals surface area (Å²) >= 11 is 0. The van der Waals surface area contributed by atoms with E-state index in [1.807, 2.05) is 13.1 Å². The highest BCUT2D eigenvalue weighted by Gasteiger charge is 2.47. The Kier molecular flexibility index (Phi) is 1.68. The number of nitrogens with zero attached hydrogens (tertiary/aromatic N) is 1. The molecule has 74 valence electrons. The van der Waals surface area contributed by atoms with E-state index in [-0.39, 0.29) is 5.60 Å². The van der Waals surface area contributed by atoms with Gasteiger partial charge in [0.2, 0.25) is 0 Å². The fourth-order valence-corrected chi connectivity index (χ4v) is 2.80. The first kappa shape index (κ1) is 8.42. The lowest BCUT2D eigenvalue weighted by atomic mass is 9.83. The lowest BCUT2D eigenvalue weighted by Gasteiger charge is -2.25. The summed E-state index contributed by atoms with van der Waals surface area (Å²) in [6.45, 7) is 2.04. The summed E-state index contributed by atoms with van der Waals surface area (Å²) in [5.41, 5.74) is 2.49. The molecule has 3 rings (SSSR count). The summed E-state index contributed by atoms with van der Waals surface area (Å²) in [6, 6.07) is 4.29. The van der Waals surface area contributed by atoms with Crippen molar-refractivity contribution in [3.8, 4) is 0 Å². The van der Waals surface area contributed by atoms with Gasteiger partial charge < -0.3 is 4.74 Å². The third-order valence-electron chi connectivity index (χ3n) is 3.56. The van der Waals surface area contributed by atoms with Crippen molar-refractivity contribution in [3.63, 3.8) is 0 Å². The standard InChI is InChI=1S/C12H15NO/c1-9-8-10(4-7-13-9)12-5-2-11(14-12)3-6-12/h4,7-8,11H,2-3,5-6H2,1H3. The zero-order valence-electron chi connectivity index (χ0n) is 8.49.